The van der Waals surface area contributed by atoms with Gasteiger partial charge >= 0.3 is 0 Å². The maximum Gasteiger partial charge on any atom is 0.226 e. The molecule has 1 aromatic carbocycles. The van der Waals surface area contributed by atoms with E-state index in [9.17, 15) is 0 Å². The van der Waals surface area contributed by atoms with Gasteiger partial charge in [-0.25, -0.2) is 9.97 Å². The minimum atomic E-state index is 0.488. The van der Waals surface area contributed by atoms with Crippen molar-refractivity contribution in [1.82, 2.24) is 14.9 Å². The van der Waals surface area contributed by atoms with Crippen LogP contribution >= 0.6 is 11.3 Å². The second-order valence-electron chi connectivity index (χ2n) is 7.09. The summed E-state index contributed by atoms with van der Waals surface area (Å²) in [4.78, 5) is 11.6. The van der Waals surface area contributed by atoms with Crippen LogP contribution in [0.2, 0.25) is 0 Å². The van der Waals surface area contributed by atoms with Crippen LogP contribution in [0.4, 0.5) is 0 Å². The van der Waals surface area contributed by atoms with Crippen molar-refractivity contribution in [2.24, 2.45) is 0 Å². The summed E-state index contributed by atoms with van der Waals surface area (Å²) in [7, 11) is 0. The van der Waals surface area contributed by atoms with Crippen LogP contribution < -0.4 is 4.74 Å². The normalized spacial score (nSPS) is 17.5. The Kier molecular flexibility index (Phi) is 5.55. The van der Waals surface area contributed by atoms with E-state index in [2.05, 4.69) is 21.8 Å². The summed E-state index contributed by atoms with van der Waals surface area (Å²) in [5.74, 6) is 1.49. The zero-order valence-corrected chi connectivity index (χ0v) is 16.7. The van der Waals surface area contributed by atoms with Gasteiger partial charge in [-0.3, -0.25) is 0 Å². The van der Waals surface area contributed by atoms with Gasteiger partial charge < -0.3 is 14.1 Å². The number of likely N-dealkylation sites (tertiary alicyclic amines) is 1. The van der Waals surface area contributed by atoms with Gasteiger partial charge in [0.25, 0.3) is 0 Å². The van der Waals surface area contributed by atoms with Crippen LogP contribution in [0.1, 0.15) is 36.2 Å². The SMILES string of the molecule is Cc1nc(COc2ccc(-c3nc(CCN4CCC[C@H]4C)co3)cc2)cs1. The number of aryl methyl sites for hydroxylation is 1. The molecule has 3 heterocycles. The molecule has 0 unspecified atom stereocenters. The van der Waals surface area contributed by atoms with Gasteiger partial charge in [-0.2, -0.15) is 0 Å². The van der Waals surface area contributed by atoms with Gasteiger partial charge in [0.05, 0.1) is 16.4 Å². The highest BCUT2D eigenvalue weighted by molar-refractivity contribution is 7.09. The first-order chi connectivity index (χ1) is 13.2. The lowest BCUT2D eigenvalue weighted by Gasteiger charge is -2.19. The molecule has 4 rings (SSSR count). The van der Waals surface area contributed by atoms with Crippen molar-refractivity contribution in [2.45, 2.75) is 45.8 Å². The fraction of sp³-hybridized carbons (Fsp3) is 0.429. The molecule has 0 radical (unpaired) electrons. The lowest BCUT2D eigenvalue weighted by Crippen LogP contribution is -2.29. The van der Waals surface area contributed by atoms with Crippen LogP contribution in [-0.2, 0) is 13.0 Å². The van der Waals surface area contributed by atoms with Gasteiger partial charge in [-0.1, -0.05) is 0 Å². The monoisotopic (exact) mass is 383 g/mol. The Morgan fingerprint density at radius 2 is 2.07 bits per heavy atom. The molecule has 0 N–H and O–H groups in total. The van der Waals surface area contributed by atoms with E-state index in [-0.39, 0.29) is 0 Å². The zero-order valence-electron chi connectivity index (χ0n) is 15.9. The molecule has 3 aromatic rings. The third kappa shape index (κ3) is 4.57. The molecule has 0 bridgehead atoms. The van der Waals surface area contributed by atoms with Gasteiger partial charge in [0.15, 0.2) is 0 Å². The van der Waals surface area contributed by atoms with Crippen molar-refractivity contribution < 1.29 is 9.15 Å². The predicted molar refractivity (Wildman–Crippen MR) is 107 cm³/mol. The smallest absolute Gasteiger partial charge is 0.226 e. The summed E-state index contributed by atoms with van der Waals surface area (Å²) in [5, 5.41) is 3.09. The van der Waals surface area contributed by atoms with E-state index in [1.165, 1.54) is 19.4 Å². The molecule has 0 saturated carbocycles. The summed E-state index contributed by atoms with van der Waals surface area (Å²) in [6, 6.07) is 8.56. The summed E-state index contributed by atoms with van der Waals surface area (Å²) < 4.78 is 11.5. The lowest BCUT2D eigenvalue weighted by molar-refractivity contribution is 0.271. The van der Waals surface area contributed by atoms with Crippen LogP contribution in [0, 0.1) is 6.92 Å². The highest BCUT2D eigenvalue weighted by Crippen LogP contribution is 2.23. The molecule has 142 valence electrons. The molecule has 0 aliphatic carbocycles. The Hall–Kier alpha value is -2.18. The fourth-order valence-electron chi connectivity index (χ4n) is 3.46. The number of aromatic nitrogens is 2. The standard InChI is InChI=1S/C21H25N3O2S/c1-15-4-3-10-24(15)11-9-18-12-26-21(23-18)17-5-7-20(8-6-17)25-13-19-14-27-16(2)22-19/h5-8,12,14-15H,3-4,9-11,13H2,1-2H3/t15-/m1/s1. The molecule has 1 saturated heterocycles. The summed E-state index contributed by atoms with van der Waals surface area (Å²) in [5.41, 5.74) is 2.95. The third-order valence-electron chi connectivity index (χ3n) is 5.05. The Labute approximate surface area is 164 Å². The average molecular weight is 384 g/mol. The highest BCUT2D eigenvalue weighted by atomic mass is 32.1. The average Bonchev–Trinajstić information content (AvgIpc) is 3.40. The quantitative estimate of drug-likeness (QED) is 0.591. The number of thiazole rings is 1. The predicted octanol–water partition coefficient (Wildman–Crippen LogP) is 4.71. The second kappa shape index (κ2) is 8.23. The van der Waals surface area contributed by atoms with E-state index in [0.717, 1.165) is 40.7 Å². The molecular formula is C21H25N3O2S. The van der Waals surface area contributed by atoms with Gasteiger partial charge in [0, 0.05) is 30.0 Å². The summed E-state index contributed by atoms with van der Waals surface area (Å²) >= 11 is 1.64. The second-order valence-corrected chi connectivity index (χ2v) is 8.15. The van der Waals surface area contributed by atoms with Crippen LogP contribution in [0.5, 0.6) is 5.75 Å². The molecular weight excluding hydrogens is 358 g/mol. The van der Waals surface area contributed by atoms with Crippen LogP contribution in [0.25, 0.3) is 11.5 Å². The van der Waals surface area contributed by atoms with Gasteiger partial charge in [-0.05, 0) is 57.5 Å². The number of nitrogens with zero attached hydrogens (tertiary/aromatic N) is 3. The van der Waals surface area contributed by atoms with Crippen LogP contribution in [0.15, 0.2) is 40.3 Å². The Morgan fingerprint density at radius 3 is 2.78 bits per heavy atom. The molecule has 2 aromatic heterocycles. The molecule has 1 aliphatic heterocycles. The van der Waals surface area contributed by atoms with E-state index in [1.54, 1.807) is 17.6 Å². The molecule has 1 atom stereocenters. The van der Waals surface area contributed by atoms with Crippen molar-refractivity contribution in [3.63, 3.8) is 0 Å². The van der Waals surface area contributed by atoms with E-state index < -0.39 is 0 Å². The van der Waals surface area contributed by atoms with Crippen molar-refractivity contribution in [1.29, 1.82) is 0 Å². The molecule has 1 aliphatic rings. The number of rotatable bonds is 7. The summed E-state index contributed by atoms with van der Waals surface area (Å²) in [6.07, 6.45) is 5.33. The molecule has 0 spiro atoms. The van der Waals surface area contributed by atoms with Crippen molar-refractivity contribution >= 4 is 11.3 Å². The number of benzene rings is 1. The van der Waals surface area contributed by atoms with E-state index in [4.69, 9.17) is 9.15 Å². The molecule has 6 heteroatoms. The highest BCUT2D eigenvalue weighted by Gasteiger charge is 2.20. The first kappa shape index (κ1) is 18.2. The number of hydrogen-bond acceptors (Lipinski definition) is 6. The minimum Gasteiger partial charge on any atom is -0.487 e. The van der Waals surface area contributed by atoms with Crippen molar-refractivity contribution in [2.75, 3.05) is 13.1 Å². The maximum atomic E-state index is 5.79. The first-order valence-corrected chi connectivity index (χ1v) is 10.4. The van der Waals surface area contributed by atoms with E-state index in [0.29, 0.717) is 18.5 Å². The number of oxazole rings is 1. The molecule has 1 fully saturated rings. The third-order valence-corrected chi connectivity index (χ3v) is 5.87. The Morgan fingerprint density at radius 1 is 1.22 bits per heavy atom. The maximum absolute atomic E-state index is 5.79. The Balaban J connectivity index is 1.32. The largest absolute Gasteiger partial charge is 0.487 e. The number of hydrogen-bond donors (Lipinski definition) is 0. The van der Waals surface area contributed by atoms with Gasteiger partial charge in [0.1, 0.15) is 18.6 Å². The zero-order chi connectivity index (χ0) is 18.6. The number of ether oxygens (including phenoxy) is 1. The minimum absolute atomic E-state index is 0.488. The van der Waals surface area contributed by atoms with Crippen molar-refractivity contribution in [3.05, 3.63) is 52.3 Å². The molecule has 0 amide bonds. The van der Waals surface area contributed by atoms with Gasteiger partial charge in [0.2, 0.25) is 5.89 Å². The van der Waals surface area contributed by atoms with Crippen LogP contribution in [0.3, 0.4) is 0 Å². The van der Waals surface area contributed by atoms with Crippen molar-refractivity contribution in [3.8, 4) is 17.2 Å². The summed E-state index contributed by atoms with van der Waals surface area (Å²) in [6.45, 7) is 7.05. The lowest BCUT2D eigenvalue weighted by atomic mass is 10.2. The van der Waals surface area contributed by atoms with Gasteiger partial charge in [-0.15, -0.1) is 11.3 Å². The molecule has 27 heavy (non-hydrogen) atoms. The molecule has 5 nitrogen and oxygen atoms in total. The van der Waals surface area contributed by atoms with Crippen LogP contribution in [-0.4, -0.2) is 34.0 Å². The van der Waals surface area contributed by atoms with E-state index in [1.807, 2.05) is 36.6 Å². The fourth-order valence-corrected chi connectivity index (χ4v) is 4.06. The first-order valence-electron chi connectivity index (χ1n) is 9.50. The Bertz CT molecular complexity index is 872. The van der Waals surface area contributed by atoms with E-state index >= 15 is 0 Å². The topological polar surface area (TPSA) is 51.4 Å².